The van der Waals surface area contributed by atoms with E-state index in [1.807, 2.05) is 13.0 Å². The van der Waals surface area contributed by atoms with Gasteiger partial charge in [-0.3, -0.25) is 4.79 Å². The number of rotatable bonds is 3. The summed E-state index contributed by atoms with van der Waals surface area (Å²) in [5.74, 6) is 0.435. The fourth-order valence-corrected chi connectivity index (χ4v) is 1.80. The van der Waals surface area contributed by atoms with Gasteiger partial charge in [-0.05, 0) is 30.7 Å². The van der Waals surface area contributed by atoms with Crippen molar-refractivity contribution in [3.05, 3.63) is 46.4 Å². The second-order valence-corrected chi connectivity index (χ2v) is 4.13. The monoisotopic (exact) mass is 245 g/mol. The van der Waals surface area contributed by atoms with E-state index in [4.69, 9.17) is 10.8 Å². The van der Waals surface area contributed by atoms with Gasteiger partial charge in [0.05, 0.1) is 12.3 Å². The Morgan fingerprint density at radius 3 is 2.78 bits per heavy atom. The third-order valence-electron chi connectivity index (χ3n) is 2.62. The van der Waals surface area contributed by atoms with Crippen molar-refractivity contribution in [2.75, 3.05) is 12.3 Å². The van der Waals surface area contributed by atoms with Crippen LogP contribution in [0.25, 0.3) is 11.3 Å². The predicted octanol–water partition coefficient (Wildman–Crippen LogP) is 0.793. The number of anilines is 1. The lowest BCUT2D eigenvalue weighted by Crippen LogP contribution is -2.20. The summed E-state index contributed by atoms with van der Waals surface area (Å²) in [6.07, 6.45) is 1.65. The highest BCUT2D eigenvalue weighted by molar-refractivity contribution is 5.61. The molecule has 0 unspecified atom stereocenters. The first kappa shape index (κ1) is 12.3. The summed E-state index contributed by atoms with van der Waals surface area (Å²) >= 11 is 0. The summed E-state index contributed by atoms with van der Waals surface area (Å²) in [5, 5.41) is 8.81. The SMILES string of the molecule is Cc1cc(N)nc(-c2ccn(CCO)c(=O)c2)c1. The van der Waals surface area contributed by atoms with E-state index in [1.54, 1.807) is 18.3 Å². The molecule has 0 aliphatic heterocycles. The zero-order valence-electron chi connectivity index (χ0n) is 10.1. The molecule has 0 spiro atoms. The number of nitrogens with two attached hydrogens (primary N) is 1. The van der Waals surface area contributed by atoms with Gasteiger partial charge in [-0.25, -0.2) is 4.98 Å². The molecule has 2 aromatic heterocycles. The first-order chi connectivity index (χ1) is 8.60. The second kappa shape index (κ2) is 5.01. The largest absolute Gasteiger partial charge is 0.395 e. The standard InChI is InChI=1S/C13H15N3O2/c1-9-6-11(15-12(14)7-9)10-2-3-16(4-5-17)13(18)8-10/h2-3,6-8,17H,4-5H2,1H3,(H2,14,15). The van der Waals surface area contributed by atoms with Gasteiger partial charge in [0.15, 0.2) is 0 Å². The molecule has 94 valence electrons. The molecule has 2 rings (SSSR count). The Kier molecular flexibility index (Phi) is 3.43. The number of hydrogen-bond donors (Lipinski definition) is 2. The number of aliphatic hydroxyl groups excluding tert-OH is 1. The van der Waals surface area contributed by atoms with Gasteiger partial charge in [-0.1, -0.05) is 0 Å². The molecule has 5 nitrogen and oxygen atoms in total. The molecule has 0 saturated heterocycles. The van der Waals surface area contributed by atoms with Crippen LogP contribution in [0.1, 0.15) is 5.56 Å². The molecule has 0 amide bonds. The number of aliphatic hydroxyl groups is 1. The van der Waals surface area contributed by atoms with E-state index in [9.17, 15) is 4.79 Å². The number of nitrogen functional groups attached to an aromatic ring is 1. The van der Waals surface area contributed by atoms with Crippen molar-refractivity contribution in [1.29, 1.82) is 0 Å². The van der Waals surface area contributed by atoms with E-state index in [2.05, 4.69) is 4.98 Å². The van der Waals surface area contributed by atoms with Crippen molar-refractivity contribution in [2.24, 2.45) is 0 Å². The van der Waals surface area contributed by atoms with E-state index in [-0.39, 0.29) is 12.2 Å². The van der Waals surface area contributed by atoms with Gasteiger partial charge in [0.2, 0.25) is 0 Å². The van der Waals surface area contributed by atoms with Crippen LogP contribution in [0.3, 0.4) is 0 Å². The van der Waals surface area contributed by atoms with Crippen molar-refractivity contribution >= 4 is 5.82 Å². The Morgan fingerprint density at radius 1 is 1.39 bits per heavy atom. The van der Waals surface area contributed by atoms with Gasteiger partial charge in [0.25, 0.3) is 5.56 Å². The predicted molar refractivity (Wildman–Crippen MR) is 70.2 cm³/mol. The Labute approximate surface area is 105 Å². The van der Waals surface area contributed by atoms with Crippen LogP contribution in [0.5, 0.6) is 0 Å². The average molecular weight is 245 g/mol. The van der Waals surface area contributed by atoms with Crippen molar-refractivity contribution < 1.29 is 5.11 Å². The molecule has 0 radical (unpaired) electrons. The molecule has 0 saturated carbocycles. The van der Waals surface area contributed by atoms with Crippen LogP contribution >= 0.6 is 0 Å². The van der Waals surface area contributed by atoms with Gasteiger partial charge in [-0.2, -0.15) is 0 Å². The molecule has 0 aliphatic rings. The zero-order valence-corrected chi connectivity index (χ0v) is 10.1. The summed E-state index contributed by atoms with van der Waals surface area (Å²) < 4.78 is 1.45. The molecule has 5 heteroatoms. The maximum atomic E-state index is 11.8. The van der Waals surface area contributed by atoms with Crippen LogP contribution in [0.2, 0.25) is 0 Å². The average Bonchev–Trinajstić information content (AvgIpc) is 2.30. The molecule has 0 atom stereocenters. The van der Waals surface area contributed by atoms with E-state index in [1.165, 1.54) is 10.6 Å². The quantitative estimate of drug-likeness (QED) is 0.837. The number of hydrogen-bond acceptors (Lipinski definition) is 4. The van der Waals surface area contributed by atoms with E-state index >= 15 is 0 Å². The Balaban J connectivity index is 2.45. The maximum absolute atomic E-state index is 11.8. The Hall–Kier alpha value is -2.14. The first-order valence-corrected chi connectivity index (χ1v) is 5.66. The Morgan fingerprint density at radius 2 is 2.17 bits per heavy atom. The molecular weight excluding hydrogens is 230 g/mol. The molecule has 0 fully saturated rings. The van der Waals surface area contributed by atoms with Gasteiger partial charge in [-0.15, -0.1) is 0 Å². The van der Waals surface area contributed by atoms with Crippen LogP contribution in [0.15, 0.2) is 35.3 Å². The lowest BCUT2D eigenvalue weighted by atomic mass is 10.1. The molecule has 0 aromatic carbocycles. The normalized spacial score (nSPS) is 10.6. The number of pyridine rings is 2. The highest BCUT2D eigenvalue weighted by atomic mass is 16.3. The van der Waals surface area contributed by atoms with Gasteiger partial charge in [0, 0.05) is 24.4 Å². The highest BCUT2D eigenvalue weighted by Gasteiger charge is 2.04. The topological polar surface area (TPSA) is 81.1 Å². The van der Waals surface area contributed by atoms with Gasteiger partial charge >= 0.3 is 0 Å². The summed E-state index contributed by atoms with van der Waals surface area (Å²) in [6.45, 7) is 2.16. The van der Waals surface area contributed by atoms with Crippen LogP contribution in [0.4, 0.5) is 5.82 Å². The van der Waals surface area contributed by atoms with Crippen molar-refractivity contribution in [3.63, 3.8) is 0 Å². The first-order valence-electron chi connectivity index (χ1n) is 5.66. The van der Waals surface area contributed by atoms with E-state index in [0.29, 0.717) is 18.1 Å². The number of nitrogens with zero attached hydrogens (tertiary/aromatic N) is 2. The molecule has 2 heterocycles. The van der Waals surface area contributed by atoms with Crippen LogP contribution in [0, 0.1) is 6.92 Å². The van der Waals surface area contributed by atoms with E-state index in [0.717, 1.165) is 11.1 Å². The summed E-state index contributed by atoms with van der Waals surface area (Å²) in [6, 6.07) is 6.94. The third-order valence-corrected chi connectivity index (χ3v) is 2.62. The fraction of sp³-hybridized carbons (Fsp3) is 0.231. The van der Waals surface area contributed by atoms with Crippen LogP contribution in [-0.2, 0) is 6.54 Å². The summed E-state index contributed by atoms with van der Waals surface area (Å²) in [4.78, 5) is 16.0. The molecular formula is C13H15N3O2. The van der Waals surface area contributed by atoms with Gasteiger partial charge < -0.3 is 15.4 Å². The summed E-state index contributed by atoms with van der Waals surface area (Å²) in [5.41, 5.74) is 7.93. The molecule has 18 heavy (non-hydrogen) atoms. The van der Waals surface area contributed by atoms with Crippen molar-refractivity contribution in [3.8, 4) is 11.3 Å². The second-order valence-electron chi connectivity index (χ2n) is 4.13. The van der Waals surface area contributed by atoms with Crippen LogP contribution in [-0.4, -0.2) is 21.3 Å². The van der Waals surface area contributed by atoms with Gasteiger partial charge in [0.1, 0.15) is 5.82 Å². The third kappa shape index (κ3) is 2.57. The lowest BCUT2D eigenvalue weighted by molar-refractivity contribution is 0.274. The summed E-state index contributed by atoms with van der Waals surface area (Å²) in [7, 11) is 0. The van der Waals surface area contributed by atoms with Crippen molar-refractivity contribution in [2.45, 2.75) is 13.5 Å². The maximum Gasteiger partial charge on any atom is 0.251 e. The minimum absolute atomic E-state index is 0.0606. The molecule has 3 N–H and O–H groups in total. The van der Waals surface area contributed by atoms with E-state index < -0.39 is 0 Å². The zero-order chi connectivity index (χ0) is 13.1. The number of aromatic nitrogens is 2. The fourth-order valence-electron chi connectivity index (χ4n) is 1.80. The molecule has 2 aromatic rings. The molecule has 0 bridgehead atoms. The minimum Gasteiger partial charge on any atom is -0.395 e. The number of aryl methyl sites for hydroxylation is 1. The molecule has 0 aliphatic carbocycles. The van der Waals surface area contributed by atoms with Crippen LogP contribution < -0.4 is 11.3 Å². The minimum atomic E-state index is -0.163. The highest BCUT2D eigenvalue weighted by Crippen LogP contribution is 2.18. The Bertz CT molecular complexity index is 600. The van der Waals surface area contributed by atoms with Crippen molar-refractivity contribution in [1.82, 2.24) is 9.55 Å². The lowest BCUT2D eigenvalue weighted by Gasteiger charge is -2.06. The smallest absolute Gasteiger partial charge is 0.251 e.